The normalized spacial score (nSPS) is 12.2. The van der Waals surface area contributed by atoms with Crippen molar-refractivity contribution in [2.24, 2.45) is 0 Å². The summed E-state index contributed by atoms with van der Waals surface area (Å²) >= 11 is 12.2. The summed E-state index contributed by atoms with van der Waals surface area (Å²) in [7, 11) is 0. The van der Waals surface area contributed by atoms with Gasteiger partial charge in [0.15, 0.2) is 0 Å². The van der Waals surface area contributed by atoms with Crippen LogP contribution in [-0.4, -0.2) is 12.6 Å². The van der Waals surface area contributed by atoms with Crippen molar-refractivity contribution in [3.8, 4) is 5.75 Å². The van der Waals surface area contributed by atoms with E-state index in [0.29, 0.717) is 23.2 Å². The Morgan fingerprint density at radius 3 is 2.52 bits per heavy atom. The molecule has 0 aliphatic rings. The first-order valence-electron chi connectivity index (χ1n) is 6.92. The van der Waals surface area contributed by atoms with Gasteiger partial charge in [0.2, 0.25) is 0 Å². The fraction of sp³-hybridized carbons (Fsp3) is 0.294. The zero-order valence-electron chi connectivity index (χ0n) is 12.2. The van der Waals surface area contributed by atoms with Crippen LogP contribution in [0.5, 0.6) is 5.75 Å². The summed E-state index contributed by atoms with van der Waals surface area (Å²) in [6.45, 7) is 5.40. The summed E-state index contributed by atoms with van der Waals surface area (Å²) in [6.07, 6.45) is 0. The van der Waals surface area contributed by atoms with E-state index in [0.717, 1.165) is 11.3 Å². The maximum atomic E-state index is 6.16. The molecule has 0 aromatic heterocycles. The van der Waals surface area contributed by atoms with Crippen molar-refractivity contribution >= 4 is 23.2 Å². The number of nitrogens with one attached hydrogen (secondary N) is 1. The van der Waals surface area contributed by atoms with E-state index in [4.69, 9.17) is 27.9 Å². The minimum atomic E-state index is 0.210. The van der Waals surface area contributed by atoms with Crippen LogP contribution in [0.3, 0.4) is 0 Å². The van der Waals surface area contributed by atoms with Gasteiger partial charge in [0.25, 0.3) is 0 Å². The van der Waals surface area contributed by atoms with E-state index in [1.165, 1.54) is 5.56 Å². The Labute approximate surface area is 136 Å². The highest BCUT2D eigenvalue weighted by Crippen LogP contribution is 2.25. The van der Waals surface area contributed by atoms with Crippen LogP contribution in [0.4, 0.5) is 0 Å². The highest BCUT2D eigenvalue weighted by Gasteiger charge is 2.07. The lowest BCUT2D eigenvalue weighted by Crippen LogP contribution is -2.31. The molecule has 2 rings (SSSR count). The molecule has 2 aromatic rings. The maximum absolute atomic E-state index is 6.16. The largest absolute Gasteiger partial charge is 0.492 e. The second-order valence-corrected chi connectivity index (χ2v) is 5.90. The molecule has 2 nitrogen and oxygen atoms in total. The molecule has 0 bridgehead atoms. The first kappa shape index (κ1) is 16.2. The molecule has 1 unspecified atom stereocenters. The summed E-state index contributed by atoms with van der Waals surface area (Å²) in [5.41, 5.74) is 2.22. The van der Waals surface area contributed by atoms with Gasteiger partial charge in [-0.15, -0.1) is 0 Å². The van der Waals surface area contributed by atoms with Crippen molar-refractivity contribution in [3.05, 3.63) is 63.6 Å². The third kappa shape index (κ3) is 4.92. The Morgan fingerprint density at radius 1 is 1.10 bits per heavy atom. The van der Waals surface area contributed by atoms with E-state index in [1.807, 2.05) is 36.4 Å². The molecule has 0 saturated heterocycles. The van der Waals surface area contributed by atoms with E-state index in [9.17, 15) is 0 Å². The third-order valence-corrected chi connectivity index (χ3v) is 4.05. The van der Waals surface area contributed by atoms with Crippen LogP contribution in [0.15, 0.2) is 42.5 Å². The average Bonchev–Trinajstić information content (AvgIpc) is 2.48. The first-order chi connectivity index (χ1) is 10.1. The van der Waals surface area contributed by atoms with Crippen molar-refractivity contribution in [1.82, 2.24) is 5.32 Å². The Hall–Kier alpha value is -1.22. The van der Waals surface area contributed by atoms with Gasteiger partial charge < -0.3 is 10.1 Å². The fourth-order valence-electron chi connectivity index (χ4n) is 1.88. The average molecular weight is 324 g/mol. The standard InChI is InChI=1S/C17H19Cl2NO/c1-12-6-8-15(9-7-12)21-11-13(2)20-10-14-4-3-5-16(18)17(14)19/h3-9,13,20H,10-11H2,1-2H3. The zero-order chi connectivity index (χ0) is 15.2. The lowest BCUT2D eigenvalue weighted by molar-refractivity contribution is 0.272. The zero-order valence-corrected chi connectivity index (χ0v) is 13.7. The maximum Gasteiger partial charge on any atom is 0.119 e. The Morgan fingerprint density at radius 2 is 1.81 bits per heavy atom. The summed E-state index contributed by atoms with van der Waals surface area (Å²) in [6, 6.07) is 13.9. The molecule has 0 aliphatic carbocycles. The number of hydrogen-bond donors (Lipinski definition) is 1. The molecule has 0 saturated carbocycles. The number of hydrogen-bond acceptors (Lipinski definition) is 2. The number of halogens is 2. The van der Waals surface area contributed by atoms with E-state index < -0.39 is 0 Å². The molecule has 0 spiro atoms. The molecular weight excluding hydrogens is 305 g/mol. The molecule has 0 heterocycles. The van der Waals surface area contributed by atoms with Crippen molar-refractivity contribution in [3.63, 3.8) is 0 Å². The molecule has 1 atom stereocenters. The molecule has 0 amide bonds. The minimum Gasteiger partial charge on any atom is -0.492 e. The van der Waals surface area contributed by atoms with Gasteiger partial charge in [-0.1, -0.05) is 53.0 Å². The SMILES string of the molecule is Cc1ccc(OCC(C)NCc2cccc(Cl)c2Cl)cc1. The highest BCUT2D eigenvalue weighted by molar-refractivity contribution is 6.42. The molecule has 4 heteroatoms. The van der Waals surface area contributed by atoms with Crippen molar-refractivity contribution in [1.29, 1.82) is 0 Å². The van der Waals surface area contributed by atoms with E-state index >= 15 is 0 Å². The fourth-order valence-corrected chi connectivity index (χ4v) is 2.27. The smallest absolute Gasteiger partial charge is 0.119 e. The Kier molecular flexibility index (Phi) is 5.92. The van der Waals surface area contributed by atoms with Crippen molar-refractivity contribution in [2.45, 2.75) is 26.4 Å². The predicted octanol–water partition coefficient (Wildman–Crippen LogP) is 4.86. The molecule has 0 fully saturated rings. The number of benzene rings is 2. The van der Waals surface area contributed by atoms with Gasteiger partial charge in [-0.05, 0) is 37.6 Å². The van der Waals surface area contributed by atoms with Crippen molar-refractivity contribution < 1.29 is 4.74 Å². The first-order valence-corrected chi connectivity index (χ1v) is 7.67. The summed E-state index contributed by atoms with van der Waals surface area (Å²) in [4.78, 5) is 0. The van der Waals surface area contributed by atoms with Crippen LogP contribution in [0, 0.1) is 6.92 Å². The second kappa shape index (κ2) is 7.69. The molecule has 112 valence electrons. The number of aryl methyl sites for hydroxylation is 1. The van der Waals surface area contributed by atoms with Gasteiger partial charge in [0.05, 0.1) is 10.0 Å². The summed E-state index contributed by atoms with van der Waals surface area (Å²) < 4.78 is 5.74. The quantitative estimate of drug-likeness (QED) is 0.819. The van der Waals surface area contributed by atoms with Gasteiger partial charge in [-0.25, -0.2) is 0 Å². The van der Waals surface area contributed by atoms with E-state index in [1.54, 1.807) is 6.07 Å². The lowest BCUT2D eigenvalue weighted by atomic mass is 10.2. The predicted molar refractivity (Wildman–Crippen MR) is 89.4 cm³/mol. The minimum absolute atomic E-state index is 0.210. The molecule has 21 heavy (non-hydrogen) atoms. The third-order valence-electron chi connectivity index (χ3n) is 3.19. The van der Waals surface area contributed by atoms with Crippen LogP contribution in [0.25, 0.3) is 0 Å². The van der Waals surface area contributed by atoms with E-state index in [-0.39, 0.29) is 6.04 Å². The number of ether oxygens (including phenoxy) is 1. The highest BCUT2D eigenvalue weighted by atomic mass is 35.5. The molecule has 0 aliphatic heterocycles. The molecule has 1 N–H and O–H groups in total. The summed E-state index contributed by atoms with van der Waals surface area (Å²) in [5.74, 6) is 0.884. The van der Waals surface area contributed by atoms with Crippen LogP contribution >= 0.6 is 23.2 Å². The van der Waals surface area contributed by atoms with Crippen molar-refractivity contribution in [2.75, 3.05) is 6.61 Å². The Bertz CT molecular complexity index is 584. The molecular formula is C17H19Cl2NO. The number of rotatable bonds is 6. The second-order valence-electron chi connectivity index (χ2n) is 5.12. The van der Waals surface area contributed by atoms with Crippen LogP contribution in [0.1, 0.15) is 18.1 Å². The topological polar surface area (TPSA) is 21.3 Å². The molecule has 0 radical (unpaired) electrons. The van der Waals surface area contributed by atoms with Gasteiger partial charge in [-0.2, -0.15) is 0 Å². The van der Waals surface area contributed by atoms with Crippen LogP contribution < -0.4 is 10.1 Å². The van der Waals surface area contributed by atoms with Crippen LogP contribution in [-0.2, 0) is 6.54 Å². The summed E-state index contributed by atoms with van der Waals surface area (Å²) in [5, 5.41) is 4.57. The lowest BCUT2D eigenvalue weighted by Gasteiger charge is -2.16. The van der Waals surface area contributed by atoms with E-state index in [2.05, 4.69) is 19.2 Å². The van der Waals surface area contributed by atoms with Gasteiger partial charge in [0, 0.05) is 12.6 Å². The monoisotopic (exact) mass is 323 g/mol. The van der Waals surface area contributed by atoms with Gasteiger partial charge in [0.1, 0.15) is 12.4 Å². The van der Waals surface area contributed by atoms with Gasteiger partial charge in [-0.3, -0.25) is 0 Å². The van der Waals surface area contributed by atoms with Crippen LogP contribution in [0.2, 0.25) is 10.0 Å². The van der Waals surface area contributed by atoms with Gasteiger partial charge >= 0.3 is 0 Å². The molecule has 2 aromatic carbocycles. The Balaban J connectivity index is 1.80.